The number of nitrogens with one attached hydrogen (secondary N) is 2. The Hall–Kier alpha value is -3.99. The van der Waals surface area contributed by atoms with Gasteiger partial charge in [0.1, 0.15) is 5.65 Å². The highest BCUT2D eigenvalue weighted by atomic mass is 16.4. The molecule has 0 atom stereocenters. The molecule has 1 amide bonds. The van der Waals surface area contributed by atoms with Crippen molar-refractivity contribution < 1.29 is 9.21 Å². The first-order valence-corrected chi connectivity index (χ1v) is 10.6. The first-order valence-electron chi connectivity index (χ1n) is 10.6. The summed E-state index contributed by atoms with van der Waals surface area (Å²) in [6, 6.07) is 6.37. The molecular weight excluding hydrogens is 428 g/mol. The third kappa shape index (κ3) is 3.87. The molecule has 170 valence electrons. The molecule has 1 aliphatic rings. The van der Waals surface area contributed by atoms with Crippen LogP contribution in [-0.2, 0) is 6.54 Å². The first-order chi connectivity index (χ1) is 15.8. The molecule has 0 saturated heterocycles. The number of H-pyrrole nitrogens is 1. The molecular formula is C22H22N6O5. The minimum atomic E-state index is -0.584. The Kier molecular flexibility index (Phi) is 4.97. The van der Waals surface area contributed by atoms with Gasteiger partial charge in [-0.15, -0.1) is 0 Å². The van der Waals surface area contributed by atoms with E-state index in [9.17, 15) is 19.2 Å². The number of likely N-dealkylation sites (N-methyl/N-ethyl adjacent to an activating group) is 1. The van der Waals surface area contributed by atoms with E-state index in [0.29, 0.717) is 29.9 Å². The van der Waals surface area contributed by atoms with Gasteiger partial charge in [0.15, 0.2) is 5.58 Å². The Balaban J connectivity index is 1.47. The van der Waals surface area contributed by atoms with E-state index in [1.165, 1.54) is 21.4 Å². The molecule has 0 bridgehead atoms. The molecule has 3 aromatic heterocycles. The predicted molar refractivity (Wildman–Crippen MR) is 122 cm³/mol. The number of fused-ring (bicyclic) bond motifs is 2. The maximum atomic E-state index is 12.9. The summed E-state index contributed by atoms with van der Waals surface area (Å²) in [5.74, 6) is -0.937. The van der Waals surface area contributed by atoms with Crippen molar-refractivity contribution >= 4 is 33.7 Å². The van der Waals surface area contributed by atoms with Crippen molar-refractivity contribution in [3.05, 3.63) is 67.4 Å². The van der Waals surface area contributed by atoms with E-state index >= 15 is 0 Å². The molecule has 1 aromatic carbocycles. The van der Waals surface area contributed by atoms with Crippen LogP contribution in [0.2, 0.25) is 0 Å². The molecule has 4 aromatic rings. The largest absolute Gasteiger partial charge is 0.419 e. The van der Waals surface area contributed by atoms with Crippen molar-refractivity contribution in [1.29, 1.82) is 0 Å². The predicted octanol–water partition coefficient (Wildman–Crippen LogP) is 1.14. The summed E-state index contributed by atoms with van der Waals surface area (Å²) in [6.07, 6.45) is 3.04. The Bertz CT molecular complexity index is 1570. The SMILES string of the molecule is CN(C)CCn1c(=O)oc2ccc(NC(=O)c3cnc4c(c3)c(=O)[nH]c(=O)n4C3CC3)cc21. The van der Waals surface area contributed by atoms with E-state index in [-0.39, 0.29) is 22.6 Å². The standard InChI is InChI=1S/C22H22N6O5/c1-26(2)7-8-27-16-10-13(3-6-17(16)33-22(27)32)24-19(29)12-9-15-18(23-11-12)28(14-4-5-14)21(31)25-20(15)30/h3,6,9-11,14H,4-5,7-8H2,1-2H3,(H,24,29)(H,25,30,31). The summed E-state index contributed by atoms with van der Waals surface area (Å²) >= 11 is 0. The maximum Gasteiger partial charge on any atom is 0.419 e. The summed E-state index contributed by atoms with van der Waals surface area (Å²) in [5.41, 5.74) is 0.824. The third-order valence-corrected chi connectivity index (χ3v) is 5.65. The monoisotopic (exact) mass is 450 g/mol. The normalized spacial score (nSPS) is 13.8. The molecule has 11 nitrogen and oxygen atoms in total. The van der Waals surface area contributed by atoms with Crippen LogP contribution in [0.15, 0.2) is 49.3 Å². The van der Waals surface area contributed by atoms with Gasteiger partial charge in [0.25, 0.3) is 11.5 Å². The van der Waals surface area contributed by atoms with Gasteiger partial charge < -0.3 is 14.6 Å². The Morgan fingerprint density at radius 3 is 2.76 bits per heavy atom. The molecule has 2 N–H and O–H groups in total. The van der Waals surface area contributed by atoms with Gasteiger partial charge in [-0.2, -0.15) is 0 Å². The number of anilines is 1. The average Bonchev–Trinajstić information content (AvgIpc) is 3.55. The van der Waals surface area contributed by atoms with Crippen molar-refractivity contribution in [2.75, 3.05) is 26.0 Å². The molecule has 33 heavy (non-hydrogen) atoms. The van der Waals surface area contributed by atoms with Crippen LogP contribution >= 0.6 is 0 Å². The number of aromatic amines is 1. The number of pyridine rings is 1. The Morgan fingerprint density at radius 1 is 1.24 bits per heavy atom. The van der Waals surface area contributed by atoms with Gasteiger partial charge in [-0.05, 0) is 51.2 Å². The van der Waals surface area contributed by atoms with Gasteiger partial charge in [0.2, 0.25) is 0 Å². The summed E-state index contributed by atoms with van der Waals surface area (Å²) in [7, 11) is 3.82. The molecule has 0 unspecified atom stereocenters. The molecule has 1 aliphatic carbocycles. The zero-order valence-electron chi connectivity index (χ0n) is 18.1. The van der Waals surface area contributed by atoms with Crippen LogP contribution in [-0.4, -0.2) is 50.5 Å². The highest BCUT2D eigenvalue weighted by Crippen LogP contribution is 2.34. The molecule has 0 radical (unpaired) electrons. The van der Waals surface area contributed by atoms with Crippen LogP contribution in [0.3, 0.4) is 0 Å². The molecule has 1 saturated carbocycles. The van der Waals surface area contributed by atoms with Crippen LogP contribution in [0.25, 0.3) is 22.1 Å². The minimum absolute atomic E-state index is 0.0239. The molecule has 5 rings (SSSR count). The minimum Gasteiger partial charge on any atom is -0.408 e. The van der Waals surface area contributed by atoms with Gasteiger partial charge in [0.05, 0.1) is 16.5 Å². The lowest BCUT2D eigenvalue weighted by Crippen LogP contribution is -2.30. The van der Waals surface area contributed by atoms with Gasteiger partial charge in [0, 0.05) is 31.0 Å². The third-order valence-electron chi connectivity index (χ3n) is 5.65. The number of aromatic nitrogens is 4. The highest BCUT2D eigenvalue weighted by Gasteiger charge is 2.27. The van der Waals surface area contributed by atoms with Crippen LogP contribution in [0, 0.1) is 0 Å². The number of nitrogens with zero attached hydrogens (tertiary/aromatic N) is 4. The van der Waals surface area contributed by atoms with E-state index in [1.54, 1.807) is 18.2 Å². The van der Waals surface area contributed by atoms with Crippen molar-refractivity contribution in [2.24, 2.45) is 0 Å². The summed E-state index contributed by atoms with van der Waals surface area (Å²) < 4.78 is 8.27. The first kappa shape index (κ1) is 20.9. The fourth-order valence-corrected chi connectivity index (χ4v) is 3.79. The van der Waals surface area contributed by atoms with Gasteiger partial charge in [-0.25, -0.2) is 14.6 Å². The lowest BCUT2D eigenvalue weighted by atomic mass is 10.2. The second-order valence-corrected chi connectivity index (χ2v) is 8.42. The van der Waals surface area contributed by atoms with Gasteiger partial charge in [-0.1, -0.05) is 0 Å². The molecule has 3 heterocycles. The number of benzene rings is 1. The van der Waals surface area contributed by atoms with E-state index in [0.717, 1.165) is 12.8 Å². The van der Waals surface area contributed by atoms with Crippen molar-refractivity contribution in [1.82, 2.24) is 24.0 Å². The summed E-state index contributed by atoms with van der Waals surface area (Å²) in [6.45, 7) is 1.09. The number of hydrogen-bond donors (Lipinski definition) is 2. The summed E-state index contributed by atoms with van der Waals surface area (Å²) in [4.78, 5) is 58.1. The van der Waals surface area contributed by atoms with E-state index < -0.39 is 22.9 Å². The van der Waals surface area contributed by atoms with Crippen LogP contribution in [0.4, 0.5) is 5.69 Å². The highest BCUT2D eigenvalue weighted by molar-refractivity contribution is 6.06. The van der Waals surface area contributed by atoms with Crippen molar-refractivity contribution in [3.8, 4) is 0 Å². The Morgan fingerprint density at radius 2 is 2.03 bits per heavy atom. The topological polar surface area (TPSA) is 135 Å². The van der Waals surface area contributed by atoms with Crippen molar-refractivity contribution in [2.45, 2.75) is 25.4 Å². The Labute approximate surface area is 186 Å². The number of amides is 1. The maximum absolute atomic E-state index is 12.9. The van der Waals surface area contributed by atoms with Crippen LogP contribution in [0.1, 0.15) is 29.2 Å². The molecule has 1 fully saturated rings. The number of carbonyl (C=O) groups excluding carboxylic acids is 1. The second kappa shape index (κ2) is 7.85. The molecule has 11 heteroatoms. The molecule has 0 aliphatic heterocycles. The second-order valence-electron chi connectivity index (χ2n) is 8.42. The summed E-state index contributed by atoms with van der Waals surface area (Å²) in [5, 5.41) is 2.95. The number of hydrogen-bond acceptors (Lipinski definition) is 7. The number of carbonyl (C=O) groups is 1. The molecule has 0 spiro atoms. The van der Waals surface area contributed by atoms with Gasteiger partial charge in [-0.3, -0.25) is 23.7 Å². The van der Waals surface area contributed by atoms with Crippen LogP contribution in [0.5, 0.6) is 0 Å². The van der Waals surface area contributed by atoms with Crippen molar-refractivity contribution in [3.63, 3.8) is 0 Å². The number of rotatable bonds is 6. The van der Waals surface area contributed by atoms with E-state index in [2.05, 4.69) is 15.3 Å². The average molecular weight is 450 g/mol. The lowest BCUT2D eigenvalue weighted by Gasteiger charge is -2.10. The zero-order valence-corrected chi connectivity index (χ0v) is 18.1. The zero-order chi connectivity index (χ0) is 23.3. The quantitative estimate of drug-likeness (QED) is 0.450. The fourth-order valence-electron chi connectivity index (χ4n) is 3.79. The van der Waals surface area contributed by atoms with E-state index in [1.807, 2.05) is 19.0 Å². The smallest absolute Gasteiger partial charge is 0.408 e. The fraction of sp³-hybridized carbons (Fsp3) is 0.318. The number of oxazole rings is 1. The van der Waals surface area contributed by atoms with E-state index in [4.69, 9.17) is 4.42 Å². The lowest BCUT2D eigenvalue weighted by molar-refractivity contribution is 0.102. The van der Waals surface area contributed by atoms with Gasteiger partial charge >= 0.3 is 11.4 Å². The van der Waals surface area contributed by atoms with Crippen LogP contribution < -0.4 is 22.3 Å².